The Morgan fingerprint density at radius 2 is 2.33 bits per heavy atom. The van der Waals surface area contributed by atoms with Crippen LogP contribution < -0.4 is 5.32 Å². The lowest BCUT2D eigenvalue weighted by molar-refractivity contribution is 0.124. The van der Waals surface area contributed by atoms with Crippen molar-refractivity contribution in [3.8, 4) is 0 Å². The standard InChI is InChI=1S/C9H16N2O/c1-3-12-7-11-9-5-4-8(2)6-10-9/h4-6,8-9,11H,3,7H2,1-2H3. The van der Waals surface area contributed by atoms with Crippen molar-refractivity contribution in [3.05, 3.63) is 12.2 Å². The van der Waals surface area contributed by atoms with E-state index in [1.165, 1.54) is 0 Å². The minimum atomic E-state index is 0.104. The molecule has 2 unspecified atom stereocenters. The SMILES string of the molecule is CCOCNC1C=CC(C)C=N1. The van der Waals surface area contributed by atoms with Crippen molar-refractivity contribution in [2.75, 3.05) is 13.3 Å². The van der Waals surface area contributed by atoms with E-state index in [4.69, 9.17) is 4.74 Å². The van der Waals surface area contributed by atoms with Gasteiger partial charge in [0.1, 0.15) is 6.17 Å². The summed E-state index contributed by atoms with van der Waals surface area (Å²) in [4.78, 5) is 4.28. The molecule has 1 heterocycles. The Morgan fingerprint density at radius 3 is 2.92 bits per heavy atom. The summed E-state index contributed by atoms with van der Waals surface area (Å²) in [5.41, 5.74) is 0. The van der Waals surface area contributed by atoms with Gasteiger partial charge in [0.2, 0.25) is 0 Å². The molecule has 0 saturated carbocycles. The minimum Gasteiger partial charge on any atom is -0.367 e. The summed E-state index contributed by atoms with van der Waals surface area (Å²) in [5, 5.41) is 3.14. The fourth-order valence-electron chi connectivity index (χ4n) is 0.975. The average molecular weight is 168 g/mol. The van der Waals surface area contributed by atoms with Crippen LogP contribution >= 0.6 is 0 Å². The summed E-state index contributed by atoms with van der Waals surface area (Å²) in [6, 6.07) is 0. The minimum absolute atomic E-state index is 0.104. The maximum atomic E-state index is 5.14. The van der Waals surface area contributed by atoms with E-state index in [9.17, 15) is 0 Å². The quantitative estimate of drug-likeness (QED) is 0.388. The van der Waals surface area contributed by atoms with Gasteiger partial charge in [-0.05, 0) is 13.0 Å². The number of ether oxygens (including phenoxy) is 1. The predicted octanol–water partition coefficient (Wildman–Crippen LogP) is 1.17. The van der Waals surface area contributed by atoms with Gasteiger partial charge in [0.15, 0.2) is 0 Å². The van der Waals surface area contributed by atoms with Gasteiger partial charge < -0.3 is 4.74 Å². The molecule has 0 aliphatic carbocycles. The first-order chi connectivity index (χ1) is 5.83. The molecule has 3 heteroatoms. The second kappa shape index (κ2) is 5.06. The van der Waals surface area contributed by atoms with Gasteiger partial charge in [-0.2, -0.15) is 0 Å². The van der Waals surface area contributed by atoms with Crippen molar-refractivity contribution < 1.29 is 4.74 Å². The second-order valence-corrected chi connectivity index (χ2v) is 2.83. The molecule has 1 rings (SSSR count). The lowest BCUT2D eigenvalue weighted by Gasteiger charge is -2.14. The Hall–Kier alpha value is -0.670. The van der Waals surface area contributed by atoms with Crippen LogP contribution in [0.3, 0.4) is 0 Å². The van der Waals surface area contributed by atoms with Crippen LogP contribution in [0.25, 0.3) is 0 Å². The average Bonchev–Trinajstić information content (AvgIpc) is 2.09. The molecule has 12 heavy (non-hydrogen) atoms. The van der Waals surface area contributed by atoms with Crippen molar-refractivity contribution in [2.45, 2.75) is 20.0 Å². The van der Waals surface area contributed by atoms with Crippen molar-refractivity contribution in [1.29, 1.82) is 0 Å². The van der Waals surface area contributed by atoms with Crippen LogP contribution in [0.5, 0.6) is 0 Å². The van der Waals surface area contributed by atoms with Gasteiger partial charge >= 0.3 is 0 Å². The zero-order valence-electron chi connectivity index (χ0n) is 7.66. The van der Waals surface area contributed by atoms with Gasteiger partial charge in [0, 0.05) is 18.7 Å². The number of dihydropyridines is 1. The zero-order chi connectivity index (χ0) is 8.81. The monoisotopic (exact) mass is 168 g/mol. The maximum Gasteiger partial charge on any atom is 0.119 e. The molecule has 3 nitrogen and oxygen atoms in total. The van der Waals surface area contributed by atoms with Gasteiger partial charge in [-0.15, -0.1) is 0 Å². The van der Waals surface area contributed by atoms with Crippen LogP contribution in [0.4, 0.5) is 0 Å². The first-order valence-electron chi connectivity index (χ1n) is 4.35. The molecular weight excluding hydrogens is 152 g/mol. The number of hydrogen-bond acceptors (Lipinski definition) is 3. The number of nitrogens with one attached hydrogen (secondary N) is 1. The number of hydrogen-bond donors (Lipinski definition) is 1. The molecule has 0 amide bonds. The van der Waals surface area contributed by atoms with Crippen molar-refractivity contribution in [3.63, 3.8) is 0 Å². The number of allylic oxidation sites excluding steroid dienone is 1. The fourth-order valence-corrected chi connectivity index (χ4v) is 0.975. The van der Waals surface area contributed by atoms with E-state index in [0.717, 1.165) is 6.61 Å². The van der Waals surface area contributed by atoms with Gasteiger partial charge in [-0.3, -0.25) is 10.3 Å². The van der Waals surface area contributed by atoms with E-state index in [0.29, 0.717) is 12.6 Å². The maximum absolute atomic E-state index is 5.14. The molecule has 0 aromatic heterocycles. The normalized spacial score (nSPS) is 27.8. The Balaban J connectivity index is 2.17. The molecule has 2 atom stereocenters. The number of nitrogens with zero attached hydrogens (tertiary/aromatic N) is 1. The molecule has 1 N–H and O–H groups in total. The van der Waals surface area contributed by atoms with E-state index in [1.54, 1.807) is 0 Å². The van der Waals surface area contributed by atoms with E-state index in [2.05, 4.69) is 29.4 Å². The summed E-state index contributed by atoms with van der Waals surface area (Å²) in [5.74, 6) is 0.468. The summed E-state index contributed by atoms with van der Waals surface area (Å²) in [6.45, 7) is 5.39. The van der Waals surface area contributed by atoms with E-state index < -0.39 is 0 Å². The summed E-state index contributed by atoms with van der Waals surface area (Å²) in [6.07, 6.45) is 6.25. The van der Waals surface area contributed by atoms with Crippen LogP contribution in [0, 0.1) is 5.92 Å². The largest absolute Gasteiger partial charge is 0.367 e. The highest BCUT2D eigenvalue weighted by Gasteiger charge is 2.05. The molecule has 0 aromatic carbocycles. The first-order valence-corrected chi connectivity index (χ1v) is 4.35. The molecule has 0 spiro atoms. The van der Waals surface area contributed by atoms with Gasteiger partial charge in [-0.1, -0.05) is 13.0 Å². The molecule has 1 aliphatic heterocycles. The van der Waals surface area contributed by atoms with Crippen molar-refractivity contribution in [2.24, 2.45) is 10.9 Å². The molecule has 0 aromatic rings. The van der Waals surface area contributed by atoms with Crippen LogP contribution in [0.1, 0.15) is 13.8 Å². The number of rotatable bonds is 4. The molecule has 1 aliphatic rings. The Labute approximate surface area is 73.5 Å². The molecule has 0 bridgehead atoms. The van der Waals surface area contributed by atoms with Crippen LogP contribution in [-0.2, 0) is 4.74 Å². The molecule has 0 radical (unpaired) electrons. The first kappa shape index (κ1) is 9.42. The van der Waals surface area contributed by atoms with E-state index in [1.807, 2.05) is 13.1 Å². The molecule has 0 saturated heterocycles. The van der Waals surface area contributed by atoms with Crippen LogP contribution in [0.15, 0.2) is 17.1 Å². The summed E-state index contributed by atoms with van der Waals surface area (Å²) in [7, 11) is 0. The number of aliphatic imine (C=N–C) groups is 1. The topological polar surface area (TPSA) is 33.6 Å². The summed E-state index contributed by atoms with van der Waals surface area (Å²) >= 11 is 0. The summed E-state index contributed by atoms with van der Waals surface area (Å²) < 4.78 is 5.14. The predicted molar refractivity (Wildman–Crippen MR) is 50.2 cm³/mol. The van der Waals surface area contributed by atoms with E-state index in [-0.39, 0.29) is 6.17 Å². The smallest absolute Gasteiger partial charge is 0.119 e. The highest BCUT2D eigenvalue weighted by atomic mass is 16.5. The Morgan fingerprint density at radius 1 is 1.50 bits per heavy atom. The van der Waals surface area contributed by atoms with Crippen LogP contribution in [0.2, 0.25) is 0 Å². The fraction of sp³-hybridized carbons (Fsp3) is 0.667. The van der Waals surface area contributed by atoms with E-state index >= 15 is 0 Å². The second-order valence-electron chi connectivity index (χ2n) is 2.83. The van der Waals surface area contributed by atoms with Crippen LogP contribution in [-0.4, -0.2) is 25.7 Å². The zero-order valence-corrected chi connectivity index (χ0v) is 7.66. The van der Waals surface area contributed by atoms with Gasteiger partial charge in [0.05, 0.1) is 6.73 Å². The lowest BCUT2D eigenvalue weighted by Crippen LogP contribution is -2.29. The third-order valence-electron chi connectivity index (χ3n) is 1.68. The third kappa shape index (κ3) is 3.15. The molecular formula is C9H16N2O. The Kier molecular flexibility index (Phi) is 3.97. The highest BCUT2D eigenvalue weighted by molar-refractivity contribution is 5.64. The Bertz CT molecular complexity index is 163. The van der Waals surface area contributed by atoms with Gasteiger partial charge in [-0.25, -0.2) is 0 Å². The lowest BCUT2D eigenvalue weighted by atomic mass is 10.1. The third-order valence-corrected chi connectivity index (χ3v) is 1.68. The molecule has 68 valence electrons. The van der Waals surface area contributed by atoms with Gasteiger partial charge in [0.25, 0.3) is 0 Å². The van der Waals surface area contributed by atoms with Crippen molar-refractivity contribution >= 4 is 6.21 Å². The highest BCUT2D eigenvalue weighted by Crippen LogP contribution is 2.03. The van der Waals surface area contributed by atoms with Crippen molar-refractivity contribution in [1.82, 2.24) is 5.32 Å². The molecule has 0 fully saturated rings.